The van der Waals surface area contributed by atoms with Crippen molar-refractivity contribution < 1.29 is 4.79 Å². The molecule has 0 aromatic carbocycles. The molecule has 1 aliphatic heterocycles. The van der Waals surface area contributed by atoms with E-state index in [1.165, 1.54) is 15.9 Å². The zero-order valence-electron chi connectivity index (χ0n) is 12.0. The summed E-state index contributed by atoms with van der Waals surface area (Å²) >= 11 is 1.32. The van der Waals surface area contributed by atoms with Crippen LogP contribution in [0.25, 0.3) is 0 Å². The second kappa shape index (κ2) is 5.39. The first kappa shape index (κ1) is 14.5. The van der Waals surface area contributed by atoms with E-state index in [9.17, 15) is 19.6 Å². The van der Waals surface area contributed by atoms with E-state index in [1.54, 1.807) is 6.07 Å². The molecule has 0 N–H and O–H groups in total. The quantitative estimate of drug-likeness (QED) is 0.793. The molecule has 0 bridgehead atoms. The Kier molecular flexibility index (Phi) is 3.54. The Hall–Kier alpha value is -2.46. The summed E-state index contributed by atoms with van der Waals surface area (Å²) in [5.41, 5.74) is -0.694. The maximum Gasteiger partial charge on any atom is 0.331 e. The van der Waals surface area contributed by atoms with Gasteiger partial charge in [0.15, 0.2) is 5.78 Å². The number of aryl methyl sites for hydroxylation is 1. The molecule has 112 valence electrons. The number of thiophene rings is 1. The lowest BCUT2D eigenvalue weighted by atomic mass is 10.2. The van der Waals surface area contributed by atoms with Gasteiger partial charge in [0.05, 0.1) is 11.4 Å². The van der Waals surface area contributed by atoms with Gasteiger partial charge in [0, 0.05) is 17.1 Å². The molecule has 0 radical (unpaired) electrons. The molecule has 2 aromatic rings. The lowest BCUT2D eigenvalue weighted by Crippen LogP contribution is -2.43. The molecule has 2 aromatic heterocycles. The van der Waals surface area contributed by atoms with Crippen LogP contribution in [0.3, 0.4) is 0 Å². The van der Waals surface area contributed by atoms with Crippen LogP contribution >= 0.6 is 11.3 Å². The highest BCUT2D eigenvalue weighted by atomic mass is 32.1. The van der Waals surface area contributed by atoms with Crippen molar-refractivity contribution in [3.63, 3.8) is 0 Å². The number of ketones is 1. The van der Waals surface area contributed by atoms with Gasteiger partial charge in [-0.3, -0.25) is 18.7 Å². The van der Waals surface area contributed by atoms with Crippen LogP contribution in [0, 0.1) is 18.3 Å². The van der Waals surface area contributed by atoms with Crippen LogP contribution in [0.1, 0.15) is 32.2 Å². The molecule has 7 heteroatoms. The highest BCUT2D eigenvalue weighted by molar-refractivity contribution is 7.14. The number of Topliss-reactive ketones (excluding diaryl/α,β-unsaturated/α-hetero) is 1. The summed E-state index contributed by atoms with van der Waals surface area (Å²) in [6, 6.07) is 5.38. The van der Waals surface area contributed by atoms with Crippen molar-refractivity contribution in [1.82, 2.24) is 9.13 Å². The topological polar surface area (TPSA) is 84.9 Å². The summed E-state index contributed by atoms with van der Waals surface area (Å²) in [5.74, 6) is -0.292. The largest absolute Gasteiger partial charge is 0.331 e. The van der Waals surface area contributed by atoms with E-state index in [4.69, 9.17) is 0 Å². The first-order chi connectivity index (χ1) is 10.5. The van der Waals surface area contributed by atoms with E-state index in [1.807, 2.05) is 19.1 Å². The van der Waals surface area contributed by atoms with Crippen LogP contribution in [-0.4, -0.2) is 14.9 Å². The molecule has 22 heavy (non-hydrogen) atoms. The number of nitriles is 1. The van der Waals surface area contributed by atoms with Crippen LogP contribution < -0.4 is 11.2 Å². The third-order valence-electron chi connectivity index (χ3n) is 3.76. The summed E-state index contributed by atoms with van der Waals surface area (Å²) < 4.78 is 2.32. The van der Waals surface area contributed by atoms with Crippen LogP contribution in [0.5, 0.6) is 0 Å². The fraction of sp³-hybridized carbons (Fsp3) is 0.333. The third kappa shape index (κ3) is 2.22. The predicted molar refractivity (Wildman–Crippen MR) is 81.4 cm³/mol. The molecule has 6 nitrogen and oxygen atoms in total. The Morgan fingerprint density at radius 3 is 2.82 bits per heavy atom. The Bertz CT molecular complexity index is 927. The van der Waals surface area contributed by atoms with Crippen molar-refractivity contribution in [3.8, 4) is 6.07 Å². The Labute approximate surface area is 129 Å². The lowest BCUT2D eigenvalue weighted by Gasteiger charge is -2.09. The minimum absolute atomic E-state index is 0.0211. The monoisotopic (exact) mass is 315 g/mol. The molecule has 1 aliphatic rings. The molecular formula is C15H13N3O3S. The van der Waals surface area contributed by atoms with Gasteiger partial charge in [-0.2, -0.15) is 5.26 Å². The molecule has 0 saturated carbocycles. The fourth-order valence-electron chi connectivity index (χ4n) is 2.69. The zero-order chi connectivity index (χ0) is 15.9. The first-order valence-electron chi connectivity index (χ1n) is 6.89. The number of carbonyl (C=O) groups excluding carboxylic acids is 1. The van der Waals surface area contributed by atoms with Gasteiger partial charge < -0.3 is 0 Å². The van der Waals surface area contributed by atoms with Crippen LogP contribution in [0.4, 0.5) is 0 Å². The molecule has 0 aliphatic carbocycles. The van der Waals surface area contributed by atoms with Gasteiger partial charge in [-0.25, -0.2) is 4.79 Å². The molecule has 0 atom stereocenters. The van der Waals surface area contributed by atoms with Crippen LogP contribution in [0.2, 0.25) is 0 Å². The number of fused-ring (bicyclic) bond motifs is 1. The molecule has 0 fully saturated rings. The number of nitrogens with zero attached hydrogens (tertiary/aromatic N) is 3. The molecule has 3 rings (SSSR count). The van der Waals surface area contributed by atoms with Crippen LogP contribution in [0.15, 0.2) is 21.7 Å². The predicted octanol–water partition coefficient (Wildman–Crippen LogP) is 1.08. The normalized spacial score (nSPS) is 12.9. The first-order valence-corrected chi connectivity index (χ1v) is 7.71. The summed E-state index contributed by atoms with van der Waals surface area (Å²) in [6.07, 6.45) is 1.28. The van der Waals surface area contributed by atoms with Gasteiger partial charge in [-0.1, -0.05) is 0 Å². The van der Waals surface area contributed by atoms with Crippen molar-refractivity contribution in [3.05, 3.63) is 54.0 Å². The second-order valence-corrected chi connectivity index (χ2v) is 6.48. The smallest absolute Gasteiger partial charge is 0.296 e. The van der Waals surface area contributed by atoms with Gasteiger partial charge in [-0.05, 0) is 31.9 Å². The fourth-order valence-corrected chi connectivity index (χ4v) is 3.49. The third-order valence-corrected chi connectivity index (χ3v) is 4.80. The van der Waals surface area contributed by atoms with Gasteiger partial charge in [-0.15, -0.1) is 11.3 Å². The summed E-state index contributed by atoms with van der Waals surface area (Å²) in [7, 11) is 0. The maximum atomic E-state index is 12.4. The number of hydrogen-bond donors (Lipinski definition) is 0. The standard InChI is InChI=1S/C15H13N3O3S/c1-9-4-5-13(22-9)12(19)8-18-14(20)10(7-16)11-3-2-6-17(11)15(18)21/h4-5H,2-3,6,8H2,1H3. The molecule has 3 heterocycles. The van der Waals surface area contributed by atoms with E-state index in [0.29, 0.717) is 23.5 Å². The Balaban J connectivity index is 2.09. The minimum atomic E-state index is -0.665. The van der Waals surface area contributed by atoms with Crippen molar-refractivity contribution in [2.24, 2.45) is 0 Å². The van der Waals surface area contributed by atoms with E-state index in [0.717, 1.165) is 15.9 Å². The van der Waals surface area contributed by atoms with E-state index in [-0.39, 0.29) is 17.9 Å². The van der Waals surface area contributed by atoms with E-state index >= 15 is 0 Å². The highest BCUT2D eigenvalue weighted by Gasteiger charge is 2.23. The molecular weight excluding hydrogens is 302 g/mol. The van der Waals surface area contributed by atoms with Gasteiger partial charge in [0.2, 0.25) is 0 Å². The van der Waals surface area contributed by atoms with Gasteiger partial charge >= 0.3 is 5.69 Å². The summed E-state index contributed by atoms with van der Waals surface area (Å²) in [5, 5.41) is 9.19. The molecule has 0 amide bonds. The van der Waals surface area contributed by atoms with E-state index in [2.05, 4.69) is 0 Å². The summed E-state index contributed by atoms with van der Waals surface area (Å²) in [4.78, 5) is 38.5. The molecule has 0 unspecified atom stereocenters. The van der Waals surface area contributed by atoms with Crippen molar-refractivity contribution in [2.45, 2.75) is 32.9 Å². The van der Waals surface area contributed by atoms with Crippen molar-refractivity contribution in [2.75, 3.05) is 0 Å². The van der Waals surface area contributed by atoms with Crippen LogP contribution in [-0.2, 0) is 19.5 Å². The molecule has 0 spiro atoms. The average Bonchev–Trinajstić information content (AvgIpc) is 3.13. The number of rotatable bonds is 3. The Morgan fingerprint density at radius 2 is 2.18 bits per heavy atom. The van der Waals surface area contributed by atoms with Crippen molar-refractivity contribution >= 4 is 17.1 Å². The zero-order valence-corrected chi connectivity index (χ0v) is 12.8. The SMILES string of the molecule is Cc1ccc(C(=O)Cn2c(=O)c(C#N)c3n(c2=O)CCC3)s1. The number of carbonyl (C=O) groups is 1. The van der Waals surface area contributed by atoms with E-state index < -0.39 is 11.2 Å². The van der Waals surface area contributed by atoms with Gasteiger partial charge in [0.1, 0.15) is 11.6 Å². The average molecular weight is 315 g/mol. The summed E-state index contributed by atoms with van der Waals surface area (Å²) in [6.45, 7) is 2.04. The van der Waals surface area contributed by atoms with Gasteiger partial charge in [0.25, 0.3) is 5.56 Å². The number of aromatic nitrogens is 2. The number of hydrogen-bond acceptors (Lipinski definition) is 5. The highest BCUT2D eigenvalue weighted by Crippen LogP contribution is 2.16. The maximum absolute atomic E-state index is 12.4. The molecule has 0 saturated heterocycles. The lowest BCUT2D eigenvalue weighted by molar-refractivity contribution is 0.0972. The van der Waals surface area contributed by atoms with Crippen molar-refractivity contribution in [1.29, 1.82) is 5.26 Å². The minimum Gasteiger partial charge on any atom is -0.296 e. The Morgan fingerprint density at radius 1 is 1.41 bits per heavy atom. The second-order valence-electron chi connectivity index (χ2n) is 5.20.